The van der Waals surface area contributed by atoms with Crippen molar-refractivity contribution in [1.82, 2.24) is 19.9 Å². The molecule has 0 aliphatic carbocycles. The molecule has 7 aromatic carbocycles. The topological polar surface area (TPSA) is 51.6 Å². The van der Waals surface area contributed by atoms with E-state index in [4.69, 9.17) is 19.9 Å². The van der Waals surface area contributed by atoms with Crippen LogP contribution in [-0.2, 0) is 0 Å². The van der Waals surface area contributed by atoms with E-state index in [9.17, 15) is 0 Å². The molecular formula is C44H26N4S2. The zero-order valence-electron chi connectivity index (χ0n) is 26.6. The molecule has 0 N–H and O–H groups in total. The van der Waals surface area contributed by atoms with Crippen molar-refractivity contribution in [2.75, 3.05) is 0 Å². The molecule has 0 fully saturated rings. The van der Waals surface area contributed by atoms with Gasteiger partial charge in [0.05, 0.1) is 10.2 Å². The van der Waals surface area contributed by atoms with Crippen LogP contribution in [0, 0.1) is 0 Å². The predicted molar refractivity (Wildman–Crippen MR) is 211 cm³/mol. The van der Waals surface area contributed by atoms with Crippen molar-refractivity contribution >= 4 is 63.8 Å². The Hall–Kier alpha value is -6.08. The van der Waals surface area contributed by atoms with Gasteiger partial charge in [-0.05, 0) is 46.2 Å². The Morgan fingerprint density at radius 2 is 1.00 bits per heavy atom. The second-order valence-corrected chi connectivity index (χ2v) is 14.4. The van der Waals surface area contributed by atoms with Gasteiger partial charge in [-0.1, -0.05) is 133 Å². The van der Waals surface area contributed by atoms with E-state index < -0.39 is 0 Å². The molecule has 0 spiro atoms. The number of hydrogen-bond donors (Lipinski definition) is 0. The standard InChI is InChI=1S/C44H26N4S2/c1-3-11-29(12-4-1)41-46-42(30-21-18-28(19-22-30)33-23-20-27-10-7-8-15-32(27)24-33)48-43(47-41)34-16-9-17-37-40(34)35-25-39-36(26-38(35)49-37)45-44(50-39)31-13-5-2-6-14-31/h1-26H. The lowest BCUT2D eigenvalue weighted by Crippen LogP contribution is -2.00. The lowest BCUT2D eigenvalue weighted by Gasteiger charge is -2.10. The quantitative estimate of drug-likeness (QED) is 0.182. The zero-order chi connectivity index (χ0) is 33.0. The fraction of sp³-hybridized carbons (Fsp3) is 0. The molecule has 0 saturated carbocycles. The average Bonchev–Trinajstić information content (AvgIpc) is 3.78. The smallest absolute Gasteiger partial charge is 0.164 e. The summed E-state index contributed by atoms with van der Waals surface area (Å²) in [7, 11) is 0. The number of hydrogen-bond acceptors (Lipinski definition) is 6. The van der Waals surface area contributed by atoms with Crippen LogP contribution in [0.25, 0.3) is 97.0 Å². The minimum absolute atomic E-state index is 0.646. The number of benzene rings is 7. The highest BCUT2D eigenvalue weighted by Gasteiger charge is 2.18. The first-order valence-electron chi connectivity index (χ1n) is 16.5. The fourth-order valence-electron chi connectivity index (χ4n) is 6.66. The maximum atomic E-state index is 5.16. The molecule has 0 saturated heterocycles. The van der Waals surface area contributed by atoms with Crippen molar-refractivity contribution in [2.45, 2.75) is 0 Å². The maximum Gasteiger partial charge on any atom is 0.164 e. The van der Waals surface area contributed by atoms with E-state index in [2.05, 4.69) is 133 Å². The number of thiophene rings is 1. The van der Waals surface area contributed by atoms with Gasteiger partial charge in [-0.2, -0.15) is 0 Å². The first-order chi connectivity index (χ1) is 24.7. The van der Waals surface area contributed by atoms with Crippen LogP contribution in [-0.4, -0.2) is 19.9 Å². The van der Waals surface area contributed by atoms with Crippen LogP contribution in [0.15, 0.2) is 158 Å². The van der Waals surface area contributed by atoms with Gasteiger partial charge in [0.2, 0.25) is 0 Å². The summed E-state index contributed by atoms with van der Waals surface area (Å²) in [6, 6.07) is 55.1. The normalized spacial score (nSPS) is 11.6. The van der Waals surface area contributed by atoms with Gasteiger partial charge in [0.1, 0.15) is 5.01 Å². The summed E-state index contributed by atoms with van der Waals surface area (Å²) >= 11 is 3.52. The highest BCUT2D eigenvalue weighted by Crippen LogP contribution is 2.43. The average molecular weight is 675 g/mol. The summed E-state index contributed by atoms with van der Waals surface area (Å²) < 4.78 is 3.56. The Kier molecular flexibility index (Phi) is 6.82. The van der Waals surface area contributed by atoms with Crippen LogP contribution in [0.5, 0.6) is 0 Å². The van der Waals surface area contributed by atoms with E-state index in [1.54, 1.807) is 22.7 Å². The van der Waals surface area contributed by atoms with Crippen molar-refractivity contribution < 1.29 is 0 Å². The number of nitrogens with zero attached hydrogens (tertiary/aromatic N) is 4. The van der Waals surface area contributed by atoms with Gasteiger partial charge in [-0.25, -0.2) is 19.9 Å². The summed E-state index contributed by atoms with van der Waals surface area (Å²) in [5.41, 5.74) is 7.38. The third-order valence-electron chi connectivity index (χ3n) is 9.16. The summed E-state index contributed by atoms with van der Waals surface area (Å²) in [5.74, 6) is 1.96. The van der Waals surface area contributed by atoms with Gasteiger partial charge in [-0.3, -0.25) is 0 Å². The van der Waals surface area contributed by atoms with Crippen LogP contribution >= 0.6 is 22.7 Å². The SMILES string of the molecule is c1ccc(-c2nc(-c3ccc(-c4ccc5ccccc5c4)cc3)nc(-c3cccc4sc5cc6nc(-c7ccccc7)sc6cc5c34)n2)cc1. The van der Waals surface area contributed by atoms with Gasteiger partial charge in [0, 0.05) is 42.4 Å². The zero-order valence-corrected chi connectivity index (χ0v) is 28.2. The maximum absolute atomic E-state index is 5.16. The molecule has 10 aromatic rings. The highest BCUT2D eigenvalue weighted by molar-refractivity contribution is 7.26. The van der Waals surface area contributed by atoms with E-state index in [0.29, 0.717) is 17.5 Å². The Bertz CT molecular complexity index is 2860. The minimum atomic E-state index is 0.646. The molecule has 0 unspecified atom stereocenters. The molecule has 3 heterocycles. The Morgan fingerprint density at radius 1 is 0.360 bits per heavy atom. The Balaban J connectivity index is 1.12. The molecule has 0 aliphatic heterocycles. The number of aromatic nitrogens is 4. The number of rotatable bonds is 5. The van der Waals surface area contributed by atoms with Crippen LogP contribution in [0.3, 0.4) is 0 Å². The molecule has 234 valence electrons. The van der Waals surface area contributed by atoms with Crippen molar-refractivity contribution in [3.05, 3.63) is 158 Å². The van der Waals surface area contributed by atoms with Gasteiger partial charge in [0.25, 0.3) is 0 Å². The molecule has 6 heteroatoms. The number of fused-ring (bicyclic) bond motifs is 5. The van der Waals surface area contributed by atoms with Gasteiger partial charge < -0.3 is 0 Å². The van der Waals surface area contributed by atoms with Gasteiger partial charge in [-0.15, -0.1) is 22.7 Å². The molecule has 0 aliphatic rings. The van der Waals surface area contributed by atoms with Gasteiger partial charge >= 0.3 is 0 Å². The summed E-state index contributed by atoms with van der Waals surface area (Å²) in [4.78, 5) is 20.3. The van der Waals surface area contributed by atoms with E-state index in [1.165, 1.54) is 35.8 Å². The Labute approximate surface area is 296 Å². The molecule has 10 rings (SSSR count). The second kappa shape index (κ2) is 11.8. The fourth-order valence-corrected chi connectivity index (χ4v) is 8.80. The van der Waals surface area contributed by atoms with E-state index in [0.717, 1.165) is 43.7 Å². The van der Waals surface area contributed by atoms with E-state index in [1.807, 2.05) is 24.3 Å². The molecule has 0 atom stereocenters. The molecular weight excluding hydrogens is 649 g/mol. The molecule has 50 heavy (non-hydrogen) atoms. The van der Waals surface area contributed by atoms with Crippen molar-refractivity contribution in [2.24, 2.45) is 0 Å². The lowest BCUT2D eigenvalue weighted by atomic mass is 10.00. The third-order valence-corrected chi connectivity index (χ3v) is 11.3. The second-order valence-electron chi connectivity index (χ2n) is 12.3. The van der Waals surface area contributed by atoms with Crippen LogP contribution in [0.2, 0.25) is 0 Å². The van der Waals surface area contributed by atoms with E-state index >= 15 is 0 Å². The molecule has 0 amide bonds. The summed E-state index contributed by atoms with van der Waals surface area (Å²) in [5, 5.41) is 5.85. The predicted octanol–water partition coefficient (Wildman–Crippen LogP) is 12.3. The summed E-state index contributed by atoms with van der Waals surface area (Å²) in [6.45, 7) is 0. The first kappa shape index (κ1) is 28.9. The van der Waals surface area contributed by atoms with Crippen molar-refractivity contribution in [3.63, 3.8) is 0 Å². The third kappa shape index (κ3) is 5.05. The molecule has 0 radical (unpaired) electrons. The van der Waals surface area contributed by atoms with Crippen molar-refractivity contribution in [3.8, 4) is 55.9 Å². The largest absolute Gasteiger partial charge is 0.236 e. The monoisotopic (exact) mass is 674 g/mol. The highest BCUT2D eigenvalue weighted by atomic mass is 32.1. The first-order valence-corrected chi connectivity index (χ1v) is 18.1. The molecule has 0 bridgehead atoms. The number of thiazole rings is 1. The van der Waals surface area contributed by atoms with Crippen LogP contribution in [0.1, 0.15) is 0 Å². The minimum Gasteiger partial charge on any atom is -0.236 e. The van der Waals surface area contributed by atoms with Crippen LogP contribution < -0.4 is 0 Å². The van der Waals surface area contributed by atoms with Crippen LogP contribution in [0.4, 0.5) is 0 Å². The van der Waals surface area contributed by atoms with Crippen molar-refractivity contribution in [1.29, 1.82) is 0 Å². The molecule has 4 nitrogen and oxygen atoms in total. The summed E-state index contributed by atoms with van der Waals surface area (Å²) in [6.07, 6.45) is 0. The van der Waals surface area contributed by atoms with Gasteiger partial charge in [0.15, 0.2) is 17.5 Å². The van der Waals surface area contributed by atoms with E-state index in [-0.39, 0.29) is 0 Å². The molecule has 3 aromatic heterocycles. The Morgan fingerprint density at radius 3 is 1.78 bits per heavy atom. The lowest BCUT2D eigenvalue weighted by molar-refractivity contribution is 1.08.